The molecule has 0 aromatic rings. The second-order valence-electron chi connectivity index (χ2n) is 2.67. The molecule has 0 saturated heterocycles. The quantitative estimate of drug-likeness (QED) is 0.156. The zero-order valence-corrected chi connectivity index (χ0v) is 8.55. The Bertz CT molecular complexity index is 217. The highest BCUT2D eigenvalue weighted by Crippen LogP contribution is 1.99. The molecule has 0 bridgehead atoms. The van der Waals surface area contributed by atoms with Gasteiger partial charge in [0.25, 0.3) is 0 Å². The van der Waals surface area contributed by atoms with Gasteiger partial charge in [-0.2, -0.15) is 0 Å². The van der Waals surface area contributed by atoms with E-state index in [4.69, 9.17) is 9.47 Å². The van der Waals surface area contributed by atoms with Crippen molar-refractivity contribution in [1.82, 2.24) is 0 Å². The minimum atomic E-state index is 0.262. The lowest BCUT2D eigenvalue weighted by molar-refractivity contribution is -0.104. The predicted octanol–water partition coefficient (Wildman–Crippen LogP) is 2.07. The van der Waals surface area contributed by atoms with Gasteiger partial charge in [-0.05, 0) is 18.1 Å². The molecule has 0 saturated carbocycles. The van der Waals surface area contributed by atoms with Gasteiger partial charge in [0.05, 0.1) is 6.26 Å². The van der Waals surface area contributed by atoms with E-state index in [0.717, 1.165) is 6.29 Å². The van der Waals surface area contributed by atoms with Gasteiger partial charge in [-0.15, -0.1) is 0 Å². The Morgan fingerprint density at radius 3 is 2.64 bits per heavy atom. The second-order valence-corrected chi connectivity index (χ2v) is 2.67. The highest BCUT2D eigenvalue weighted by molar-refractivity contribution is 5.65. The largest absolute Gasteiger partial charge is 0.475 e. The van der Waals surface area contributed by atoms with Gasteiger partial charge in [-0.3, -0.25) is 4.79 Å². The standard InChI is InChI=1S/C11H16O3/c1-11(6-4-3-5-8-12)7-9-14-10-13-2/h3-9,11H,10H2,1-2H3/b5-3+,6-4+,9-7+. The number of hydrogen-bond donors (Lipinski definition) is 0. The monoisotopic (exact) mass is 196 g/mol. The van der Waals surface area contributed by atoms with E-state index in [-0.39, 0.29) is 12.7 Å². The molecule has 0 aliphatic rings. The number of allylic oxidation sites excluding steroid dienone is 5. The lowest BCUT2D eigenvalue weighted by atomic mass is 10.1. The SMILES string of the molecule is COCO/C=C/C(C)/C=C/C=C/C=O. The highest BCUT2D eigenvalue weighted by Gasteiger charge is 1.87. The van der Waals surface area contributed by atoms with Crippen LogP contribution in [0.1, 0.15) is 6.92 Å². The van der Waals surface area contributed by atoms with Crippen LogP contribution in [0, 0.1) is 5.92 Å². The Balaban J connectivity index is 3.67. The third-order valence-electron chi connectivity index (χ3n) is 1.38. The molecule has 0 aliphatic heterocycles. The molecule has 0 N–H and O–H groups in total. The maximum Gasteiger partial charge on any atom is 0.187 e. The zero-order valence-electron chi connectivity index (χ0n) is 8.55. The summed E-state index contributed by atoms with van der Waals surface area (Å²) in [7, 11) is 1.57. The fraction of sp³-hybridized carbons (Fsp3) is 0.364. The normalized spacial score (nSPS) is 14.1. The van der Waals surface area contributed by atoms with Gasteiger partial charge in [-0.1, -0.05) is 25.2 Å². The third kappa shape index (κ3) is 8.74. The summed E-state index contributed by atoms with van der Waals surface area (Å²) in [6, 6.07) is 0. The molecule has 1 unspecified atom stereocenters. The fourth-order valence-corrected chi connectivity index (χ4v) is 0.700. The van der Waals surface area contributed by atoms with Crippen LogP contribution in [-0.2, 0) is 14.3 Å². The van der Waals surface area contributed by atoms with Crippen molar-refractivity contribution in [3.05, 3.63) is 36.6 Å². The van der Waals surface area contributed by atoms with Crippen molar-refractivity contribution >= 4 is 6.29 Å². The van der Waals surface area contributed by atoms with Gasteiger partial charge in [0.2, 0.25) is 0 Å². The molecule has 0 fully saturated rings. The van der Waals surface area contributed by atoms with E-state index >= 15 is 0 Å². The van der Waals surface area contributed by atoms with Crippen LogP contribution in [0.15, 0.2) is 36.6 Å². The summed E-state index contributed by atoms with van der Waals surface area (Å²) in [5.41, 5.74) is 0. The van der Waals surface area contributed by atoms with Crippen LogP contribution in [0.5, 0.6) is 0 Å². The molecule has 0 radical (unpaired) electrons. The van der Waals surface area contributed by atoms with E-state index < -0.39 is 0 Å². The first kappa shape index (κ1) is 12.7. The fourth-order valence-electron chi connectivity index (χ4n) is 0.700. The number of aldehydes is 1. The molecule has 0 rings (SSSR count). The summed E-state index contributed by atoms with van der Waals surface area (Å²) in [6.45, 7) is 2.27. The van der Waals surface area contributed by atoms with Crippen molar-refractivity contribution in [3.63, 3.8) is 0 Å². The Labute approximate surface area is 84.7 Å². The lowest BCUT2D eigenvalue weighted by Crippen LogP contribution is -1.89. The number of ether oxygens (including phenoxy) is 2. The first-order valence-electron chi connectivity index (χ1n) is 4.37. The molecule has 14 heavy (non-hydrogen) atoms. The molecule has 0 spiro atoms. The van der Waals surface area contributed by atoms with Crippen LogP contribution < -0.4 is 0 Å². The number of carbonyl (C=O) groups excluding carboxylic acids is 1. The predicted molar refractivity (Wildman–Crippen MR) is 55.6 cm³/mol. The maximum absolute atomic E-state index is 9.92. The summed E-state index contributed by atoms with van der Waals surface area (Å²) < 4.78 is 9.67. The molecule has 0 aliphatic carbocycles. The minimum absolute atomic E-state index is 0.262. The molecular formula is C11H16O3. The van der Waals surface area contributed by atoms with Crippen LogP contribution >= 0.6 is 0 Å². The summed E-state index contributed by atoms with van der Waals surface area (Å²) in [5.74, 6) is 0.267. The van der Waals surface area contributed by atoms with Crippen LogP contribution in [0.4, 0.5) is 0 Å². The van der Waals surface area contributed by atoms with E-state index in [1.165, 1.54) is 6.08 Å². The molecule has 0 amide bonds. The van der Waals surface area contributed by atoms with E-state index in [2.05, 4.69) is 0 Å². The maximum atomic E-state index is 9.92. The van der Waals surface area contributed by atoms with Crippen molar-refractivity contribution in [2.45, 2.75) is 6.92 Å². The summed E-state index contributed by atoms with van der Waals surface area (Å²) in [5, 5.41) is 0. The Morgan fingerprint density at radius 1 is 1.21 bits per heavy atom. The van der Waals surface area contributed by atoms with Crippen LogP contribution in [0.2, 0.25) is 0 Å². The summed E-state index contributed by atoms with van der Waals surface area (Å²) in [6.07, 6.45) is 11.1. The van der Waals surface area contributed by atoms with E-state index in [1.807, 2.05) is 25.2 Å². The molecule has 3 nitrogen and oxygen atoms in total. The Hall–Kier alpha value is -1.35. The Morgan fingerprint density at radius 2 is 2.00 bits per heavy atom. The van der Waals surface area contributed by atoms with Crippen LogP contribution in [-0.4, -0.2) is 20.2 Å². The van der Waals surface area contributed by atoms with Crippen molar-refractivity contribution in [3.8, 4) is 0 Å². The van der Waals surface area contributed by atoms with Gasteiger partial charge < -0.3 is 9.47 Å². The molecule has 3 heteroatoms. The van der Waals surface area contributed by atoms with Crippen LogP contribution in [0.25, 0.3) is 0 Å². The third-order valence-corrected chi connectivity index (χ3v) is 1.38. The summed E-state index contributed by atoms with van der Waals surface area (Å²) >= 11 is 0. The first-order valence-corrected chi connectivity index (χ1v) is 4.37. The van der Waals surface area contributed by atoms with Crippen molar-refractivity contribution in [2.75, 3.05) is 13.9 Å². The van der Waals surface area contributed by atoms with Gasteiger partial charge in [-0.25, -0.2) is 0 Å². The van der Waals surface area contributed by atoms with Crippen molar-refractivity contribution in [1.29, 1.82) is 0 Å². The minimum Gasteiger partial charge on any atom is -0.475 e. The van der Waals surface area contributed by atoms with E-state index in [0.29, 0.717) is 0 Å². The topological polar surface area (TPSA) is 35.5 Å². The van der Waals surface area contributed by atoms with Crippen molar-refractivity contribution < 1.29 is 14.3 Å². The number of hydrogen-bond acceptors (Lipinski definition) is 3. The van der Waals surface area contributed by atoms with Crippen molar-refractivity contribution in [2.24, 2.45) is 5.92 Å². The van der Waals surface area contributed by atoms with Gasteiger partial charge in [0.1, 0.15) is 6.29 Å². The molecule has 78 valence electrons. The molecule has 0 aromatic carbocycles. The molecular weight excluding hydrogens is 180 g/mol. The molecule has 1 atom stereocenters. The number of rotatable bonds is 7. The van der Waals surface area contributed by atoms with Gasteiger partial charge in [0.15, 0.2) is 6.79 Å². The summed E-state index contributed by atoms with van der Waals surface area (Å²) in [4.78, 5) is 9.92. The number of methoxy groups -OCH3 is 1. The van der Waals surface area contributed by atoms with Gasteiger partial charge in [0, 0.05) is 7.11 Å². The first-order chi connectivity index (χ1) is 6.81. The van der Waals surface area contributed by atoms with E-state index in [9.17, 15) is 4.79 Å². The second kappa shape index (κ2) is 9.74. The molecule has 0 heterocycles. The highest BCUT2D eigenvalue weighted by atomic mass is 16.7. The zero-order chi connectivity index (χ0) is 10.6. The Kier molecular flexibility index (Phi) is 8.80. The smallest absolute Gasteiger partial charge is 0.187 e. The number of carbonyl (C=O) groups is 1. The van der Waals surface area contributed by atoms with Crippen LogP contribution in [0.3, 0.4) is 0 Å². The average Bonchev–Trinajstić information content (AvgIpc) is 2.19. The molecule has 0 aromatic heterocycles. The van der Waals surface area contributed by atoms with E-state index in [1.54, 1.807) is 19.4 Å². The lowest BCUT2D eigenvalue weighted by Gasteiger charge is -1.98. The van der Waals surface area contributed by atoms with Gasteiger partial charge >= 0.3 is 0 Å². The average molecular weight is 196 g/mol.